The molecule has 0 aliphatic heterocycles. The molecule has 1 aromatic heterocycles. The highest BCUT2D eigenvalue weighted by atomic mass is 32.2. The number of aliphatic hydroxyl groups is 1. The van der Waals surface area contributed by atoms with Crippen LogP contribution in [0.25, 0.3) is 0 Å². The van der Waals surface area contributed by atoms with E-state index in [4.69, 9.17) is 0 Å². The number of aliphatic hydroxyl groups excluding tert-OH is 1. The summed E-state index contributed by atoms with van der Waals surface area (Å²) in [7, 11) is 0. The molecule has 18 heavy (non-hydrogen) atoms. The standard InChI is InChI=1S/C13H11F2NOS/c1-8(17)9-4-5-16-13(6-9)18-12-3-2-10(14)7-11(12)15/h2-8,17H,1H3/t8-/m0/s1. The van der Waals surface area contributed by atoms with Crippen LogP contribution in [0.3, 0.4) is 0 Å². The van der Waals surface area contributed by atoms with Crippen LogP contribution >= 0.6 is 11.8 Å². The Bertz CT molecular complexity index is 560. The number of halogens is 2. The highest BCUT2D eigenvalue weighted by Gasteiger charge is 2.08. The normalized spacial score (nSPS) is 12.4. The molecule has 1 aromatic carbocycles. The number of hydrogen-bond acceptors (Lipinski definition) is 3. The second-order valence-electron chi connectivity index (χ2n) is 3.78. The van der Waals surface area contributed by atoms with E-state index in [1.54, 1.807) is 25.3 Å². The van der Waals surface area contributed by atoms with Gasteiger partial charge in [-0.15, -0.1) is 0 Å². The molecule has 1 heterocycles. The first-order valence-corrected chi connectivity index (χ1v) is 6.15. The van der Waals surface area contributed by atoms with Crippen molar-refractivity contribution in [1.29, 1.82) is 0 Å². The van der Waals surface area contributed by atoms with Crippen LogP contribution in [0.5, 0.6) is 0 Å². The van der Waals surface area contributed by atoms with Crippen LogP contribution in [0.2, 0.25) is 0 Å². The van der Waals surface area contributed by atoms with Crippen LogP contribution in [0.1, 0.15) is 18.6 Å². The molecule has 0 saturated heterocycles. The summed E-state index contributed by atoms with van der Waals surface area (Å²) < 4.78 is 26.2. The van der Waals surface area contributed by atoms with E-state index in [9.17, 15) is 13.9 Å². The smallest absolute Gasteiger partial charge is 0.140 e. The lowest BCUT2D eigenvalue weighted by atomic mass is 10.2. The van der Waals surface area contributed by atoms with Gasteiger partial charge in [0.2, 0.25) is 0 Å². The molecule has 0 bridgehead atoms. The summed E-state index contributed by atoms with van der Waals surface area (Å²) in [5.74, 6) is -1.23. The third kappa shape index (κ3) is 3.05. The molecule has 2 aromatic rings. The van der Waals surface area contributed by atoms with Gasteiger partial charge in [-0.25, -0.2) is 13.8 Å². The van der Waals surface area contributed by atoms with Crippen molar-refractivity contribution in [3.8, 4) is 0 Å². The van der Waals surface area contributed by atoms with E-state index in [0.717, 1.165) is 17.8 Å². The highest BCUT2D eigenvalue weighted by molar-refractivity contribution is 7.99. The first kappa shape index (κ1) is 13.0. The van der Waals surface area contributed by atoms with Gasteiger partial charge in [-0.05, 0) is 36.8 Å². The zero-order valence-corrected chi connectivity index (χ0v) is 10.4. The van der Waals surface area contributed by atoms with Gasteiger partial charge in [0.25, 0.3) is 0 Å². The molecule has 0 saturated carbocycles. The van der Waals surface area contributed by atoms with E-state index in [0.29, 0.717) is 15.5 Å². The van der Waals surface area contributed by atoms with Crippen LogP contribution in [-0.2, 0) is 0 Å². The maximum absolute atomic E-state index is 13.5. The lowest BCUT2D eigenvalue weighted by Gasteiger charge is -2.07. The number of benzene rings is 1. The van der Waals surface area contributed by atoms with Crippen LogP contribution in [0.4, 0.5) is 8.78 Å². The van der Waals surface area contributed by atoms with Gasteiger partial charge < -0.3 is 5.11 Å². The maximum atomic E-state index is 13.5. The fraction of sp³-hybridized carbons (Fsp3) is 0.154. The number of rotatable bonds is 3. The van der Waals surface area contributed by atoms with E-state index in [1.165, 1.54) is 12.1 Å². The number of nitrogens with zero attached hydrogens (tertiary/aromatic N) is 1. The second kappa shape index (κ2) is 5.46. The van der Waals surface area contributed by atoms with Gasteiger partial charge in [-0.1, -0.05) is 11.8 Å². The predicted octanol–water partition coefficient (Wildman–Crippen LogP) is 3.56. The lowest BCUT2D eigenvalue weighted by molar-refractivity contribution is 0.199. The molecule has 0 aliphatic rings. The first-order valence-electron chi connectivity index (χ1n) is 5.33. The summed E-state index contributed by atoms with van der Waals surface area (Å²) in [4.78, 5) is 4.37. The summed E-state index contributed by atoms with van der Waals surface area (Å²) in [5, 5.41) is 10.00. The van der Waals surface area contributed by atoms with Crippen molar-refractivity contribution >= 4 is 11.8 Å². The van der Waals surface area contributed by atoms with Crippen molar-refractivity contribution in [1.82, 2.24) is 4.98 Å². The Morgan fingerprint density at radius 3 is 2.67 bits per heavy atom. The predicted molar refractivity (Wildman–Crippen MR) is 65.4 cm³/mol. The van der Waals surface area contributed by atoms with Crippen molar-refractivity contribution in [2.75, 3.05) is 0 Å². The Labute approximate surface area is 108 Å². The van der Waals surface area contributed by atoms with Crippen LogP contribution in [0.15, 0.2) is 46.5 Å². The fourth-order valence-electron chi connectivity index (χ4n) is 1.41. The second-order valence-corrected chi connectivity index (χ2v) is 4.84. The minimum Gasteiger partial charge on any atom is -0.389 e. The molecule has 0 unspecified atom stereocenters. The van der Waals surface area contributed by atoms with E-state index >= 15 is 0 Å². The molecular weight excluding hydrogens is 256 g/mol. The Hall–Kier alpha value is -1.46. The van der Waals surface area contributed by atoms with Crippen molar-refractivity contribution in [2.45, 2.75) is 22.9 Å². The average Bonchev–Trinajstić information content (AvgIpc) is 2.33. The first-order chi connectivity index (χ1) is 8.56. The summed E-state index contributed by atoms with van der Waals surface area (Å²) in [5.41, 5.74) is 0.704. The highest BCUT2D eigenvalue weighted by Crippen LogP contribution is 2.29. The Morgan fingerprint density at radius 2 is 2.00 bits per heavy atom. The molecule has 0 radical (unpaired) electrons. The average molecular weight is 267 g/mol. The van der Waals surface area contributed by atoms with E-state index in [1.807, 2.05) is 0 Å². The van der Waals surface area contributed by atoms with Gasteiger partial charge in [0, 0.05) is 17.2 Å². The van der Waals surface area contributed by atoms with Crippen LogP contribution < -0.4 is 0 Å². The minimum absolute atomic E-state index is 0.298. The van der Waals surface area contributed by atoms with Gasteiger partial charge in [-0.2, -0.15) is 0 Å². The van der Waals surface area contributed by atoms with E-state index < -0.39 is 17.7 Å². The summed E-state index contributed by atoms with van der Waals surface area (Å²) in [6.45, 7) is 1.64. The molecule has 94 valence electrons. The van der Waals surface area contributed by atoms with Gasteiger partial charge in [0.05, 0.1) is 6.10 Å². The molecular formula is C13H11F2NOS. The van der Waals surface area contributed by atoms with Gasteiger partial charge in [-0.3, -0.25) is 0 Å². The Morgan fingerprint density at radius 1 is 1.22 bits per heavy atom. The van der Waals surface area contributed by atoms with Crippen molar-refractivity contribution in [2.24, 2.45) is 0 Å². The fourth-order valence-corrected chi connectivity index (χ4v) is 2.24. The maximum Gasteiger partial charge on any atom is 0.140 e. The quantitative estimate of drug-likeness (QED) is 0.923. The molecule has 2 rings (SSSR count). The van der Waals surface area contributed by atoms with E-state index in [2.05, 4.69) is 4.98 Å². The van der Waals surface area contributed by atoms with Crippen LogP contribution in [0, 0.1) is 11.6 Å². The summed E-state index contributed by atoms with van der Waals surface area (Å²) in [6, 6.07) is 6.77. The number of hydrogen-bond donors (Lipinski definition) is 1. The van der Waals surface area contributed by atoms with Crippen molar-refractivity contribution < 1.29 is 13.9 Å². The Kier molecular flexibility index (Phi) is 3.93. The third-order valence-corrected chi connectivity index (χ3v) is 3.33. The number of pyridine rings is 1. The summed E-state index contributed by atoms with van der Waals surface area (Å²) in [6.07, 6.45) is 0.941. The third-order valence-electron chi connectivity index (χ3n) is 2.35. The molecule has 1 N–H and O–H groups in total. The van der Waals surface area contributed by atoms with Crippen molar-refractivity contribution in [3.63, 3.8) is 0 Å². The van der Waals surface area contributed by atoms with Gasteiger partial charge >= 0.3 is 0 Å². The van der Waals surface area contributed by atoms with Crippen LogP contribution in [-0.4, -0.2) is 10.1 Å². The SMILES string of the molecule is C[C@H](O)c1ccnc(Sc2ccc(F)cc2F)c1. The topological polar surface area (TPSA) is 33.1 Å². The van der Waals surface area contributed by atoms with Crippen molar-refractivity contribution in [3.05, 3.63) is 53.7 Å². The minimum atomic E-state index is -0.621. The zero-order chi connectivity index (χ0) is 13.1. The molecule has 0 fully saturated rings. The molecule has 0 amide bonds. The lowest BCUT2D eigenvalue weighted by Crippen LogP contribution is -1.92. The molecule has 5 heteroatoms. The van der Waals surface area contributed by atoms with E-state index in [-0.39, 0.29) is 0 Å². The molecule has 1 atom stereocenters. The summed E-state index contributed by atoms with van der Waals surface area (Å²) >= 11 is 1.09. The van der Waals surface area contributed by atoms with Gasteiger partial charge in [0.15, 0.2) is 0 Å². The number of aromatic nitrogens is 1. The largest absolute Gasteiger partial charge is 0.389 e. The molecule has 2 nitrogen and oxygen atoms in total. The molecule has 0 aliphatic carbocycles. The van der Waals surface area contributed by atoms with Gasteiger partial charge in [0.1, 0.15) is 16.7 Å². The monoisotopic (exact) mass is 267 g/mol. The Balaban J connectivity index is 2.25. The zero-order valence-electron chi connectivity index (χ0n) is 9.60. The molecule has 0 spiro atoms.